The van der Waals surface area contributed by atoms with Crippen LogP contribution in [0.15, 0.2) is 10.6 Å². The van der Waals surface area contributed by atoms with E-state index >= 15 is 0 Å². The molecule has 3 heteroatoms. The first kappa shape index (κ1) is 16.1. The molecule has 1 aromatic heterocycles. The first-order valence-electron chi connectivity index (χ1n) is 7.91. The number of nitrogens with zero attached hydrogens (tertiary/aromatic N) is 1. The Hall–Kier alpha value is -0.990. The van der Waals surface area contributed by atoms with Crippen molar-refractivity contribution in [3.05, 3.63) is 11.8 Å². The van der Waals surface area contributed by atoms with Crippen LogP contribution >= 0.6 is 0 Å². The summed E-state index contributed by atoms with van der Waals surface area (Å²) in [5.74, 6) is 2.19. The summed E-state index contributed by atoms with van der Waals surface area (Å²) in [7, 11) is 0. The highest BCUT2D eigenvalue weighted by atomic mass is 16.5. The van der Waals surface area contributed by atoms with E-state index in [1.54, 1.807) is 0 Å². The van der Waals surface area contributed by atoms with Crippen LogP contribution in [0.2, 0.25) is 0 Å². The molecule has 1 heterocycles. The van der Waals surface area contributed by atoms with E-state index in [0.717, 1.165) is 30.5 Å². The summed E-state index contributed by atoms with van der Waals surface area (Å²) in [5.41, 5.74) is 1.13. The lowest BCUT2D eigenvalue weighted by Gasteiger charge is -2.15. The van der Waals surface area contributed by atoms with Crippen LogP contribution in [0, 0.1) is 5.92 Å². The smallest absolute Gasteiger partial charge is 0.224 e. The van der Waals surface area contributed by atoms with Crippen LogP contribution < -0.4 is 5.32 Å². The standard InChI is InChI=1S/C16H30N2O/c1-5-8-14(10-9-13(4)7-3)15-12-16(19-18-15)17-11-6-2/h12-14,17H,5-11H2,1-4H3. The van der Waals surface area contributed by atoms with Gasteiger partial charge < -0.3 is 9.84 Å². The number of nitrogens with one attached hydrogen (secondary N) is 1. The maximum Gasteiger partial charge on any atom is 0.224 e. The number of aromatic nitrogens is 1. The van der Waals surface area contributed by atoms with Gasteiger partial charge in [-0.1, -0.05) is 52.1 Å². The molecule has 1 aromatic rings. The van der Waals surface area contributed by atoms with Crippen LogP contribution in [0.5, 0.6) is 0 Å². The van der Waals surface area contributed by atoms with Crippen LogP contribution in [0.4, 0.5) is 5.88 Å². The fourth-order valence-corrected chi connectivity index (χ4v) is 2.29. The van der Waals surface area contributed by atoms with Gasteiger partial charge in [-0.3, -0.25) is 0 Å². The van der Waals surface area contributed by atoms with Gasteiger partial charge in [0.1, 0.15) is 0 Å². The van der Waals surface area contributed by atoms with Gasteiger partial charge in [0.05, 0.1) is 5.69 Å². The fourth-order valence-electron chi connectivity index (χ4n) is 2.29. The Morgan fingerprint density at radius 2 is 1.95 bits per heavy atom. The lowest BCUT2D eigenvalue weighted by atomic mass is 9.90. The van der Waals surface area contributed by atoms with Gasteiger partial charge in [-0.2, -0.15) is 0 Å². The Labute approximate surface area is 118 Å². The molecule has 0 saturated heterocycles. The zero-order valence-electron chi connectivity index (χ0n) is 13.0. The van der Waals surface area contributed by atoms with E-state index < -0.39 is 0 Å². The zero-order valence-corrected chi connectivity index (χ0v) is 13.0. The predicted octanol–water partition coefficient (Wildman–Crippen LogP) is 5.21. The third kappa shape index (κ3) is 5.66. The van der Waals surface area contributed by atoms with Crippen LogP contribution in [-0.4, -0.2) is 11.7 Å². The van der Waals surface area contributed by atoms with Gasteiger partial charge in [-0.25, -0.2) is 0 Å². The lowest BCUT2D eigenvalue weighted by Crippen LogP contribution is -2.03. The van der Waals surface area contributed by atoms with Crippen molar-refractivity contribution in [1.29, 1.82) is 0 Å². The summed E-state index contributed by atoms with van der Waals surface area (Å²) < 4.78 is 5.37. The first-order valence-corrected chi connectivity index (χ1v) is 7.91. The largest absolute Gasteiger partial charge is 0.354 e. The van der Waals surface area contributed by atoms with Gasteiger partial charge in [0.15, 0.2) is 0 Å². The van der Waals surface area contributed by atoms with Crippen LogP contribution in [0.3, 0.4) is 0 Å². The number of rotatable bonds is 10. The second-order valence-corrected chi connectivity index (χ2v) is 5.62. The summed E-state index contributed by atoms with van der Waals surface area (Å²) in [6.07, 6.45) is 7.28. The molecular weight excluding hydrogens is 236 g/mol. The van der Waals surface area contributed by atoms with Crippen molar-refractivity contribution in [2.45, 2.75) is 72.1 Å². The topological polar surface area (TPSA) is 38.1 Å². The molecular formula is C16H30N2O. The fraction of sp³-hybridized carbons (Fsp3) is 0.812. The van der Waals surface area contributed by atoms with Gasteiger partial charge in [0, 0.05) is 18.5 Å². The molecule has 0 saturated carbocycles. The van der Waals surface area contributed by atoms with E-state index in [-0.39, 0.29) is 0 Å². The van der Waals surface area contributed by atoms with E-state index in [1.165, 1.54) is 32.1 Å². The second kappa shape index (κ2) is 9.00. The molecule has 0 aliphatic rings. The minimum atomic E-state index is 0.555. The molecule has 1 N–H and O–H groups in total. The highest BCUT2D eigenvalue weighted by molar-refractivity contribution is 5.32. The molecule has 2 atom stereocenters. The van der Waals surface area contributed by atoms with Crippen molar-refractivity contribution in [3.8, 4) is 0 Å². The number of hydrogen-bond acceptors (Lipinski definition) is 3. The van der Waals surface area contributed by atoms with Gasteiger partial charge in [-0.15, -0.1) is 0 Å². The minimum Gasteiger partial charge on any atom is -0.354 e. The molecule has 0 amide bonds. The van der Waals surface area contributed by atoms with E-state index in [1.807, 2.05) is 0 Å². The first-order chi connectivity index (χ1) is 9.21. The van der Waals surface area contributed by atoms with E-state index in [2.05, 4.69) is 44.2 Å². The Morgan fingerprint density at radius 3 is 2.58 bits per heavy atom. The molecule has 0 bridgehead atoms. The molecule has 0 aliphatic carbocycles. The van der Waals surface area contributed by atoms with Crippen LogP contribution in [-0.2, 0) is 0 Å². The normalized spacial score (nSPS) is 14.3. The number of anilines is 1. The maximum absolute atomic E-state index is 5.37. The summed E-state index contributed by atoms with van der Waals surface area (Å²) in [6, 6.07) is 2.09. The van der Waals surface area contributed by atoms with E-state index in [4.69, 9.17) is 4.52 Å². The van der Waals surface area contributed by atoms with Crippen molar-refractivity contribution < 1.29 is 4.52 Å². The summed E-state index contributed by atoms with van der Waals surface area (Å²) in [4.78, 5) is 0. The average Bonchev–Trinajstić information content (AvgIpc) is 2.89. The van der Waals surface area contributed by atoms with E-state index in [0.29, 0.717) is 5.92 Å². The monoisotopic (exact) mass is 266 g/mol. The molecule has 0 spiro atoms. The highest BCUT2D eigenvalue weighted by Crippen LogP contribution is 2.29. The van der Waals surface area contributed by atoms with Crippen molar-refractivity contribution in [3.63, 3.8) is 0 Å². The highest BCUT2D eigenvalue weighted by Gasteiger charge is 2.16. The molecule has 0 aliphatic heterocycles. The van der Waals surface area contributed by atoms with E-state index in [9.17, 15) is 0 Å². The summed E-state index contributed by atoms with van der Waals surface area (Å²) >= 11 is 0. The van der Waals surface area contributed by atoms with Crippen molar-refractivity contribution in [2.24, 2.45) is 5.92 Å². The average molecular weight is 266 g/mol. The molecule has 110 valence electrons. The zero-order chi connectivity index (χ0) is 14.1. The molecule has 0 fully saturated rings. The lowest BCUT2D eigenvalue weighted by molar-refractivity contribution is 0.394. The summed E-state index contributed by atoms with van der Waals surface area (Å²) in [6.45, 7) is 9.94. The Bertz CT molecular complexity index is 335. The SMILES string of the molecule is CCCNc1cc(C(CCC)CCC(C)CC)no1. The molecule has 2 unspecified atom stereocenters. The Morgan fingerprint density at radius 1 is 1.16 bits per heavy atom. The third-order valence-corrected chi connectivity index (χ3v) is 3.84. The Balaban J connectivity index is 2.56. The summed E-state index contributed by atoms with van der Waals surface area (Å²) in [5, 5.41) is 7.51. The maximum atomic E-state index is 5.37. The molecule has 0 radical (unpaired) electrons. The third-order valence-electron chi connectivity index (χ3n) is 3.84. The van der Waals surface area contributed by atoms with Gasteiger partial charge in [-0.05, 0) is 25.2 Å². The molecule has 1 rings (SSSR count). The predicted molar refractivity (Wildman–Crippen MR) is 81.6 cm³/mol. The second-order valence-electron chi connectivity index (χ2n) is 5.62. The van der Waals surface area contributed by atoms with Crippen molar-refractivity contribution in [1.82, 2.24) is 5.16 Å². The van der Waals surface area contributed by atoms with Gasteiger partial charge in [0.25, 0.3) is 0 Å². The number of hydrogen-bond donors (Lipinski definition) is 1. The quantitative estimate of drug-likeness (QED) is 0.632. The minimum absolute atomic E-state index is 0.555. The van der Waals surface area contributed by atoms with Crippen LogP contribution in [0.1, 0.15) is 77.8 Å². The van der Waals surface area contributed by atoms with Gasteiger partial charge in [0.2, 0.25) is 5.88 Å². The van der Waals surface area contributed by atoms with Crippen molar-refractivity contribution >= 4 is 5.88 Å². The van der Waals surface area contributed by atoms with Crippen molar-refractivity contribution in [2.75, 3.05) is 11.9 Å². The molecule has 3 nitrogen and oxygen atoms in total. The van der Waals surface area contributed by atoms with Crippen LogP contribution in [0.25, 0.3) is 0 Å². The Kier molecular flexibility index (Phi) is 7.61. The van der Waals surface area contributed by atoms with Gasteiger partial charge >= 0.3 is 0 Å². The molecule has 0 aromatic carbocycles. The molecule has 19 heavy (non-hydrogen) atoms.